The number of halogens is 3. The molecule has 1 aromatic heterocycles. The third-order valence-corrected chi connectivity index (χ3v) is 7.15. The van der Waals surface area contributed by atoms with Gasteiger partial charge < -0.3 is 15.0 Å². The Balaban J connectivity index is 1.11. The number of hydrogen-bond acceptors (Lipinski definition) is 5. The van der Waals surface area contributed by atoms with Gasteiger partial charge in [0.1, 0.15) is 0 Å². The maximum absolute atomic E-state index is 12.9. The number of benzene rings is 2. The highest BCUT2D eigenvalue weighted by Crippen LogP contribution is 2.41. The summed E-state index contributed by atoms with van der Waals surface area (Å²) in [7, 11) is 0. The molecule has 2 saturated heterocycles. The van der Waals surface area contributed by atoms with Gasteiger partial charge in [-0.2, -0.15) is 13.2 Å². The molecule has 1 unspecified atom stereocenters. The predicted octanol–water partition coefficient (Wildman–Crippen LogP) is 4.84. The standard InChI is InChI=1S/C26H27F3N4O2/c27-26(28,29)20-6-3-5-18(14-20)23(34)30-16-21-8-9-25(17-35-21)10-12-33(13-11-25)24-31-15-19-4-1-2-7-22(19)32-24/h1-7,14-15,21H,8-13,16-17H2,(H,30,34). The molecule has 3 heterocycles. The van der Waals surface area contributed by atoms with Crippen LogP contribution in [0.1, 0.15) is 41.6 Å². The van der Waals surface area contributed by atoms with Gasteiger partial charge in [-0.05, 0) is 55.4 Å². The lowest BCUT2D eigenvalue weighted by Crippen LogP contribution is -2.48. The molecule has 6 nitrogen and oxygen atoms in total. The monoisotopic (exact) mass is 484 g/mol. The van der Waals surface area contributed by atoms with Crippen molar-refractivity contribution < 1.29 is 22.7 Å². The largest absolute Gasteiger partial charge is 0.416 e. The van der Waals surface area contributed by atoms with Gasteiger partial charge in [-0.3, -0.25) is 4.79 Å². The minimum absolute atomic E-state index is 0.00427. The molecule has 0 aliphatic carbocycles. The first-order valence-electron chi connectivity index (χ1n) is 11.9. The lowest BCUT2D eigenvalue weighted by atomic mass is 9.73. The molecular weight excluding hydrogens is 457 g/mol. The van der Waals surface area contributed by atoms with E-state index in [4.69, 9.17) is 9.72 Å². The molecule has 2 aromatic carbocycles. The number of rotatable bonds is 4. The normalized spacial score (nSPS) is 20.2. The highest BCUT2D eigenvalue weighted by Gasteiger charge is 2.39. The van der Waals surface area contributed by atoms with E-state index in [0.717, 1.165) is 67.8 Å². The number of para-hydroxylation sites is 1. The molecule has 0 radical (unpaired) electrons. The first kappa shape index (κ1) is 23.5. The van der Waals surface area contributed by atoms with Crippen LogP contribution in [0.25, 0.3) is 10.9 Å². The van der Waals surface area contributed by atoms with Gasteiger partial charge in [0.15, 0.2) is 0 Å². The summed E-state index contributed by atoms with van der Waals surface area (Å²) >= 11 is 0. The van der Waals surface area contributed by atoms with E-state index in [1.54, 1.807) is 0 Å². The molecule has 1 atom stereocenters. The zero-order chi connectivity index (χ0) is 24.5. The number of alkyl halides is 3. The minimum Gasteiger partial charge on any atom is -0.376 e. The van der Waals surface area contributed by atoms with Gasteiger partial charge >= 0.3 is 6.18 Å². The van der Waals surface area contributed by atoms with Crippen molar-refractivity contribution in [1.29, 1.82) is 0 Å². The summed E-state index contributed by atoms with van der Waals surface area (Å²) in [5.41, 5.74) is 0.208. The van der Waals surface area contributed by atoms with Crippen LogP contribution in [0.3, 0.4) is 0 Å². The van der Waals surface area contributed by atoms with Crippen molar-refractivity contribution in [2.75, 3.05) is 31.1 Å². The van der Waals surface area contributed by atoms with Crippen molar-refractivity contribution in [2.45, 2.75) is 38.0 Å². The number of carbonyl (C=O) groups excluding carboxylic acids is 1. The van der Waals surface area contributed by atoms with Crippen molar-refractivity contribution in [3.05, 3.63) is 65.9 Å². The van der Waals surface area contributed by atoms with E-state index in [1.807, 2.05) is 30.5 Å². The molecule has 2 aliphatic rings. The Hall–Kier alpha value is -3.20. The van der Waals surface area contributed by atoms with Gasteiger partial charge in [0.05, 0.1) is 23.8 Å². The van der Waals surface area contributed by atoms with Gasteiger partial charge in [-0.25, -0.2) is 9.97 Å². The first-order chi connectivity index (χ1) is 16.8. The fraction of sp³-hybridized carbons (Fsp3) is 0.423. The summed E-state index contributed by atoms with van der Waals surface area (Å²) in [6, 6.07) is 12.4. The second-order valence-corrected chi connectivity index (χ2v) is 9.48. The lowest BCUT2D eigenvalue weighted by molar-refractivity contribution is -0.137. The quantitative estimate of drug-likeness (QED) is 0.574. The highest BCUT2D eigenvalue weighted by molar-refractivity contribution is 5.94. The van der Waals surface area contributed by atoms with Crippen LogP contribution < -0.4 is 10.2 Å². The molecule has 0 bridgehead atoms. The minimum atomic E-state index is -4.48. The van der Waals surface area contributed by atoms with E-state index in [0.29, 0.717) is 6.61 Å². The Bertz CT molecular complexity index is 1200. The number of nitrogens with one attached hydrogen (secondary N) is 1. The number of anilines is 1. The Kier molecular flexibility index (Phi) is 6.35. The number of piperidine rings is 1. The number of nitrogens with zero attached hydrogens (tertiary/aromatic N) is 3. The molecule has 0 saturated carbocycles. The molecule has 5 rings (SSSR count). The van der Waals surface area contributed by atoms with Gasteiger partial charge in [0, 0.05) is 36.8 Å². The van der Waals surface area contributed by atoms with Crippen LogP contribution in [0.4, 0.5) is 19.1 Å². The molecule has 184 valence electrons. The van der Waals surface area contributed by atoms with Gasteiger partial charge in [-0.1, -0.05) is 24.3 Å². The van der Waals surface area contributed by atoms with Crippen molar-refractivity contribution >= 4 is 22.8 Å². The topological polar surface area (TPSA) is 67.4 Å². The molecule has 35 heavy (non-hydrogen) atoms. The Morgan fingerprint density at radius 1 is 1.11 bits per heavy atom. The van der Waals surface area contributed by atoms with Gasteiger partial charge in [0.25, 0.3) is 5.91 Å². The summed E-state index contributed by atoms with van der Waals surface area (Å²) in [6.45, 7) is 2.61. The van der Waals surface area contributed by atoms with E-state index in [1.165, 1.54) is 12.1 Å². The Morgan fingerprint density at radius 3 is 2.66 bits per heavy atom. The fourth-order valence-corrected chi connectivity index (χ4v) is 4.91. The Labute approximate surface area is 201 Å². The van der Waals surface area contributed by atoms with Crippen molar-refractivity contribution in [1.82, 2.24) is 15.3 Å². The Morgan fingerprint density at radius 2 is 1.91 bits per heavy atom. The van der Waals surface area contributed by atoms with E-state index in [2.05, 4.69) is 15.2 Å². The molecule has 1 N–H and O–H groups in total. The van der Waals surface area contributed by atoms with E-state index < -0.39 is 17.6 Å². The first-order valence-corrected chi connectivity index (χ1v) is 11.9. The van der Waals surface area contributed by atoms with Crippen molar-refractivity contribution in [3.8, 4) is 0 Å². The summed E-state index contributed by atoms with van der Waals surface area (Å²) in [5.74, 6) is 0.231. The SMILES string of the molecule is O=C(NCC1CCC2(CCN(c3ncc4ccccc4n3)CC2)CO1)c1cccc(C(F)(F)F)c1. The third-order valence-electron chi connectivity index (χ3n) is 7.15. The zero-order valence-corrected chi connectivity index (χ0v) is 19.2. The van der Waals surface area contributed by atoms with Crippen molar-refractivity contribution in [3.63, 3.8) is 0 Å². The molecule has 1 amide bonds. The van der Waals surface area contributed by atoms with Gasteiger partial charge in [0.2, 0.25) is 5.95 Å². The van der Waals surface area contributed by atoms with Crippen LogP contribution in [0.2, 0.25) is 0 Å². The average Bonchev–Trinajstić information content (AvgIpc) is 2.88. The van der Waals surface area contributed by atoms with Crippen molar-refractivity contribution in [2.24, 2.45) is 5.41 Å². The molecule has 2 aliphatic heterocycles. The molecule has 9 heteroatoms. The van der Waals surface area contributed by atoms with Crippen LogP contribution >= 0.6 is 0 Å². The number of aromatic nitrogens is 2. The van der Waals surface area contributed by atoms with Gasteiger partial charge in [-0.15, -0.1) is 0 Å². The highest BCUT2D eigenvalue weighted by atomic mass is 19.4. The maximum atomic E-state index is 12.9. The fourth-order valence-electron chi connectivity index (χ4n) is 4.91. The summed E-state index contributed by atoms with van der Waals surface area (Å²) in [5, 5.41) is 3.75. The summed E-state index contributed by atoms with van der Waals surface area (Å²) in [4.78, 5) is 23.8. The van der Waals surface area contributed by atoms with Crippen LogP contribution in [-0.2, 0) is 10.9 Å². The lowest BCUT2D eigenvalue weighted by Gasteiger charge is -2.45. The van der Waals surface area contributed by atoms with Crippen LogP contribution in [-0.4, -0.2) is 48.2 Å². The van der Waals surface area contributed by atoms with E-state index >= 15 is 0 Å². The van der Waals surface area contributed by atoms with Crippen LogP contribution in [0.15, 0.2) is 54.7 Å². The summed E-state index contributed by atoms with van der Waals surface area (Å²) in [6.07, 6.45) is 0.992. The number of hydrogen-bond donors (Lipinski definition) is 1. The maximum Gasteiger partial charge on any atom is 0.416 e. The second-order valence-electron chi connectivity index (χ2n) is 9.48. The number of amides is 1. The third kappa shape index (κ3) is 5.24. The van der Waals surface area contributed by atoms with Crippen LogP contribution in [0.5, 0.6) is 0 Å². The number of ether oxygens (including phenoxy) is 1. The molecule has 2 fully saturated rings. The molecule has 3 aromatic rings. The average molecular weight is 485 g/mol. The predicted molar refractivity (Wildman–Crippen MR) is 126 cm³/mol. The number of carbonyl (C=O) groups is 1. The van der Waals surface area contributed by atoms with E-state index in [-0.39, 0.29) is 23.6 Å². The smallest absolute Gasteiger partial charge is 0.376 e. The molecule has 1 spiro atoms. The van der Waals surface area contributed by atoms with Crippen LogP contribution in [0, 0.1) is 5.41 Å². The second kappa shape index (κ2) is 9.45. The number of fused-ring (bicyclic) bond motifs is 1. The zero-order valence-electron chi connectivity index (χ0n) is 19.2. The van der Waals surface area contributed by atoms with E-state index in [9.17, 15) is 18.0 Å². The summed E-state index contributed by atoms with van der Waals surface area (Å²) < 4.78 is 44.8. The molecular formula is C26H27F3N4O2.